The summed E-state index contributed by atoms with van der Waals surface area (Å²) in [5.74, 6) is 1.28. The summed E-state index contributed by atoms with van der Waals surface area (Å²) in [6, 6.07) is 9.70. The Labute approximate surface area is 197 Å². The van der Waals surface area contributed by atoms with Gasteiger partial charge < -0.3 is 19.5 Å². The first kappa shape index (κ1) is 22.1. The molecule has 4 heterocycles. The van der Waals surface area contributed by atoms with Crippen molar-refractivity contribution in [2.24, 2.45) is 0 Å². The third-order valence-electron chi connectivity index (χ3n) is 5.62. The highest BCUT2D eigenvalue weighted by molar-refractivity contribution is 7.70. The fourth-order valence-corrected chi connectivity index (χ4v) is 5.58. The lowest BCUT2D eigenvalue weighted by Crippen LogP contribution is -2.46. The molecular formula is C23H27N6O2PS. The van der Waals surface area contributed by atoms with E-state index in [9.17, 15) is 4.57 Å². The normalized spacial score (nSPS) is 19.2. The van der Waals surface area contributed by atoms with Crippen LogP contribution in [0.1, 0.15) is 13.8 Å². The number of benzene rings is 1. The molecule has 0 bridgehead atoms. The number of hydrogen-bond acceptors (Lipinski definition) is 8. The second-order valence-electron chi connectivity index (χ2n) is 8.83. The van der Waals surface area contributed by atoms with Crippen molar-refractivity contribution < 1.29 is 9.30 Å². The van der Waals surface area contributed by atoms with Gasteiger partial charge in [0.05, 0.1) is 17.9 Å². The van der Waals surface area contributed by atoms with Gasteiger partial charge >= 0.3 is 0 Å². The van der Waals surface area contributed by atoms with Crippen LogP contribution in [-0.4, -0.2) is 58.1 Å². The highest BCUT2D eigenvalue weighted by Crippen LogP contribution is 2.35. The molecule has 172 valence electrons. The molecule has 5 rings (SSSR count). The molecule has 0 amide bonds. The first-order valence-corrected chi connectivity index (χ1v) is 14.4. The molecule has 2 unspecified atom stereocenters. The highest BCUT2D eigenvalue weighted by Gasteiger charge is 2.26. The van der Waals surface area contributed by atoms with E-state index >= 15 is 0 Å². The number of ether oxygens (including phenoxy) is 1. The molecular weight excluding hydrogens is 455 g/mol. The van der Waals surface area contributed by atoms with Crippen LogP contribution in [0.5, 0.6) is 0 Å². The van der Waals surface area contributed by atoms with Gasteiger partial charge in [0.25, 0.3) is 0 Å². The van der Waals surface area contributed by atoms with Crippen LogP contribution in [0.25, 0.3) is 16.9 Å². The maximum Gasteiger partial charge on any atom is 0.229 e. The molecule has 0 spiro atoms. The predicted molar refractivity (Wildman–Crippen MR) is 136 cm³/mol. The van der Waals surface area contributed by atoms with Gasteiger partial charge in [-0.05, 0) is 62.9 Å². The average molecular weight is 483 g/mol. The molecule has 10 heteroatoms. The molecule has 1 aromatic carbocycles. The van der Waals surface area contributed by atoms with Crippen molar-refractivity contribution in [3.05, 3.63) is 47.4 Å². The standard InChI is InChI=1S/C23H27N6O2PS/c1-15-11-28(12-16(2)31-15)23-26-21(25-17-5-7-19(8-6-17)32(3,4)30)20-22(27-23)29(14-24-20)18-9-10-33-13-18/h5-10,13-16H,11-12H2,1-4H3,(H,25,26,27). The van der Waals surface area contributed by atoms with E-state index in [4.69, 9.17) is 14.7 Å². The molecule has 0 aliphatic carbocycles. The van der Waals surface area contributed by atoms with Gasteiger partial charge in [-0.25, -0.2) is 4.98 Å². The quantitative estimate of drug-likeness (QED) is 0.420. The summed E-state index contributed by atoms with van der Waals surface area (Å²) in [6.07, 6.45) is 1.98. The summed E-state index contributed by atoms with van der Waals surface area (Å²) in [6.45, 7) is 9.13. The number of aromatic nitrogens is 4. The minimum Gasteiger partial charge on any atom is -0.372 e. The lowest BCUT2D eigenvalue weighted by atomic mass is 10.2. The summed E-state index contributed by atoms with van der Waals surface area (Å²) in [4.78, 5) is 16.6. The maximum absolute atomic E-state index is 12.4. The van der Waals surface area contributed by atoms with Crippen LogP contribution in [0, 0.1) is 0 Å². The van der Waals surface area contributed by atoms with Crippen LogP contribution in [0.2, 0.25) is 0 Å². The number of nitrogens with zero attached hydrogens (tertiary/aromatic N) is 5. The number of hydrogen-bond donors (Lipinski definition) is 1. The minimum absolute atomic E-state index is 0.0950. The zero-order valence-corrected chi connectivity index (χ0v) is 20.8. The summed E-state index contributed by atoms with van der Waals surface area (Å²) in [5.41, 5.74) is 3.32. The molecule has 8 nitrogen and oxygen atoms in total. The Morgan fingerprint density at radius 3 is 2.45 bits per heavy atom. The zero-order valence-electron chi connectivity index (χ0n) is 19.1. The first-order chi connectivity index (χ1) is 15.8. The van der Waals surface area contributed by atoms with Gasteiger partial charge in [-0.2, -0.15) is 21.3 Å². The van der Waals surface area contributed by atoms with Gasteiger partial charge in [-0.3, -0.25) is 4.57 Å². The summed E-state index contributed by atoms with van der Waals surface area (Å²) in [5, 5.41) is 8.37. The van der Waals surface area contributed by atoms with E-state index < -0.39 is 7.14 Å². The van der Waals surface area contributed by atoms with Gasteiger partial charge in [0.1, 0.15) is 13.5 Å². The molecule has 2 atom stereocenters. The van der Waals surface area contributed by atoms with Crippen LogP contribution in [0.3, 0.4) is 0 Å². The van der Waals surface area contributed by atoms with Crippen molar-refractivity contribution >= 4 is 52.4 Å². The Morgan fingerprint density at radius 2 is 1.82 bits per heavy atom. The molecule has 1 fully saturated rings. The van der Waals surface area contributed by atoms with E-state index in [1.165, 1.54) is 0 Å². The van der Waals surface area contributed by atoms with Gasteiger partial charge in [-0.15, -0.1) is 0 Å². The Morgan fingerprint density at radius 1 is 1.09 bits per heavy atom. The topological polar surface area (TPSA) is 85.2 Å². The minimum atomic E-state index is -2.31. The molecule has 33 heavy (non-hydrogen) atoms. The van der Waals surface area contributed by atoms with E-state index in [-0.39, 0.29) is 12.2 Å². The Bertz CT molecular complexity index is 1300. The number of imidazole rings is 1. The molecule has 1 aliphatic heterocycles. The monoisotopic (exact) mass is 482 g/mol. The summed E-state index contributed by atoms with van der Waals surface area (Å²) in [7, 11) is -2.31. The smallest absolute Gasteiger partial charge is 0.229 e. The lowest BCUT2D eigenvalue weighted by molar-refractivity contribution is -0.00569. The zero-order chi connectivity index (χ0) is 23.2. The van der Waals surface area contributed by atoms with Gasteiger partial charge in [-0.1, -0.05) is 0 Å². The van der Waals surface area contributed by atoms with Crippen LogP contribution in [0.15, 0.2) is 47.4 Å². The van der Waals surface area contributed by atoms with Crippen molar-refractivity contribution in [3.63, 3.8) is 0 Å². The predicted octanol–water partition coefficient (Wildman–Crippen LogP) is 4.48. The third-order valence-corrected chi connectivity index (χ3v) is 7.84. The Kier molecular flexibility index (Phi) is 5.72. The van der Waals surface area contributed by atoms with Crippen molar-refractivity contribution in [2.45, 2.75) is 26.1 Å². The molecule has 0 radical (unpaired) electrons. The van der Waals surface area contributed by atoms with Crippen LogP contribution < -0.4 is 15.5 Å². The van der Waals surface area contributed by atoms with Crippen molar-refractivity contribution in [1.29, 1.82) is 0 Å². The fraction of sp³-hybridized carbons (Fsp3) is 0.348. The Balaban J connectivity index is 1.58. The van der Waals surface area contributed by atoms with Gasteiger partial charge in [0, 0.05) is 29.5 Å². The maximum atomic E-state index is 12.4. The fourth-order valence-electron chi connectivity index (χ4n) is 4.08. The van der Waals surface area contributed by atoms with E-state index in [2.05, 4.69) is 34.4 Å². The number of rotatable bonds is 5. The number of anilines is 3. The summed E-state index contributed by atoms with van der Waals surface area (Å²) < 4.78 is 20.3. The first-order valence-electron chi connectivity index (χ1n) is 10.9. The van der Waals surface area contributed by atoms with E-state index in [1.807, 2.05) is 40.3 Å². The number of nitrogens with one attached hydrogen (secondary N) is 1. The SMILES string of the molecule is CC1CN(c2nc(Nc3ccc(P(C)(C)=O)cc3)c3ncn(-c4ccsc4)c3n2)CC(C)O1. The molecule has 1 saturated heterocycles. The number of fused-ring (bicyclic) bond motifs is 1. The highest BCUT2D eigenvalue weighted by atomic mass is 32.1. The second kappa shape index (κ2) is 8.56. The van der Waals surface area contributed by atoms with Gasteiger partial charge in [0.15, 0.2) is 17.0 Å². The number of thiophene rings is 1. The van der Waals surface area contributed by atoms with Crippen LogP contribution in [-0.2, 0) is 9.30 Å². The van der Waals surface area contributed by atoms with E-state index in [0.717, 1.165) is 35.4 Å². The molecule has 1 aliphatic rings. The molecule has 1 N–H and O–H groups in total. The third kappa shape index (κ3) is 4.53. The lowest BCUT2D eigenvalue weighted by Gasteiger charge is -2.35. The number of morpholine rings is 1. The van der Waals surface area contributed by atoms with Crippen molar-refractivity contribution in [1.82, 2.24) is 19.5 Å². The molecule has 4 aromatic rings. The second-order valence-corrected chi connectivity index (χ2v) is 12.8. The average Bonchev–Trinajstić information content (AvgIpc) is 3.42. The summed E-state index contributed by atoms with van der Waals surface area (Å²) >= 11 is 1.63. The van der Waals surface area contributed by atoms with E-state index in [1.54, 1.807) is 31.0 Å². The molecule has 0 saturated carbocycles. The van der Waals surface area contributed by atoms with Gasteiger partial charge in [0.2, 0.25) is 5.95 Å². The van der Waals surface area contributed by atoms with Crippen LogP contribution in [0.4, 0.5) is 17.5 Å². The van der Waals surface area contributed by atoms with Crippen molar-refractivity contribution in [2.75, 3.05) is 36.6 Å². The molecule has 3 aromatic heterocycles. The van der Waals surface area contributed by atoms with Crippen LogP contribution >= 0.6 is 18.5 Å². The van der Waals surface area contributed by atoms with Crippen molar-refractivity contribution in [3.8, 4) is 5.69 Å². The van der Waals surface area contributed by atoms with E-state index in [0.29, 0.717) is 17.3 Å². The Hall–Kier alpha value is -2.74. The largest absolute Gasteiger partial charge is 0.372 e.